The first kappa shape index (κ1) is 19.4. The zero-order chi connectivity index (χ0) is 19.4. The zero-order valence-corrected chi connectivity index (χ0v) is 12.9. The van der Waals surface area contributed by atoms with Crippen LogP contribution in [0.3, 0.4) is 0 Å². The van der Waals surface area contributed by atoms with Gasteiger partial charge >= 0.3 is 12.4 Å². The van der Waals surface area contributed by atoms with Crippen LogP contribution in [0.2, 0.25) is 0 Å². The lowest BCUT2D eigenvalue weighted by Gasteiger charge is -2.16. The van der Waals surface area contributed by atoms with Crippen molar-refractivity contribution in [2.45, 2.75) is 12.4 Å². The second kappa shape index (κ2) is 7.54. The Bertz CT molecular complexity index is 710. The highest BCUT2D eigenvalue weighted by Crippen LogP contribution is 2.36. The summed E-state index contributed by atoms with van der Waals surface area (Å²) in [5.41, 5.74) is 1.53. The van der Waals surface area contributed by atoms with Crippen LogP contribution >= 0.6 is 0 Å². The van der Waals surface area contributed by atoms with E-state index in [9.17, 15) is 31.1 Å². The molecule has 0 aromatic heterocycles. The fourth-order valence-corrected chi connectivity index (χ4v) is 1.98. The first-order valence-electron chi connectivity index (χ1n) is 7.09. The highest BCUT2D eigenvalue weighted by molar-refractivity contribution is 5.79. The van der Waals surface area contributed by atoms with Crippen molar-refractivity contribution >= 4 is 11.6 Å². The Kier molecular flexibility index (Phi) is 5.63. The summed E-state index contributed by atoms with van der Waals surface area (Å²) in [6, 6.07) is 8.65. The molecule has 0 aliphatic heterocycles. The van der Waals surface area contributed by atoms with E-state index < -0.39 is 47.4 Å². The van der Waals surface area contributed by atoms with Crippen molar-refractivity contribution in [3.05, 3.63) is 59.7 Å². The summed E-state index contributed by atoms with van der Waals surface area (Å²) in [4.78, 5) is 11.7. The molecule has 4 nitrogen and oxygen atoms in total. The maximum Gasteiger partial charge on any atom is 0.419 e. The molecule has 0 radical (unpaired) electrons. The third kappa shape index (κ3) is 5.04. The average molecular weight is 378 g/mol. The lowest BCUT2D eigenvalue weighted by atomic mass is 10.2. The molecule has 10 heteroatoms. The fraction of sp³-hybridized carbons (Fsp3) is 0.188. The van der Waals surface area contributed by atoms with Crippen LogP contribution in [0.25, 0.3) is 0 Å². The van der Waals surface area contributed by atoms with Gasteiger partial charge in [0.05, 0.1) is 16.8 Å². The van der Waals surface area contributed by atoms with Gasteiger partial charge < -0.3 is 4.74 Å². The molecule has 0 aliphatic carbocycles. The summed E-state index contributed by atoms with van der Waals surface area (Å²) in [6.07, 6.45) is -9.31. The van der Waals surface area contributed by atoms with E-state index in [-0.39, 0.29) is 0 Å². The second-order valence-electron chi connectivity index (χ2n) is 5.00. The molecule has 0 bridgehead atoms. The molecular weight excluding hydrogens is 366 g/mol. The molecule has 0 heterocycles. The van der Waals surface area contributed by atoms with Gasteiger partial charge in [0.2, 0.25) is 0 Å². The first-order valence-corrected chi connectivity index (χ1v) is 7.09. The largest absolute Gasteiger partial charge is 0.483 e. The van der Waals surface area contributed by atoms with Crippen molar-refractivity contribution in [3.8, 4) is 5.75 Å². The van der Waals surface area contributed by atoms with Crippen LogP contribution in [0.5, 0.6) is 5.75 Å². The molecule has 0 saturated carbocycles. The lowest BCUT2D eigenvalue weighted by Crippen LogP contribution is -2.34. The second-order valence-corrected chi connectivity index (χ2v) is 5.00. The molecular formula is C16H12F6N2O2. The van der Waals surface area contributed by atoms with Crippen LogP contribution in [0.1, 0.15) is 11.1 Å². The van der Waals surface area contributed by atoms with Crippen LogP contribution in [-0.2, 0) is 17.1 Å². The summed E-state index contributed by atoms with van der Waals surface area (Å²) in [7, 11) is 0. The van der Waals surface area contributed by atoms with Crippen molar-refractivity contribution in [1.82, 2.24) is 5.43 Å². The van der Waals surface area contributed by atoms with Crippen molar-refractivity contribution in [1.29, 1.82) is 0 Å². The van der Waals surface area contributed by atoms with Gasteiger partial charge in [-0.05, 0) is 24.3 Å². The van der Waals surface area contributed by atoms with Crippen molar-refractivity contribution in [2.75, 3.05) is 12.0 Å². The van der Waals surface area contributed by atoms with E-state index in [2.05, 4.69) is 5.43 Å². The van der Waals surface area contributed by atoms with Gasteiger partial charge in [0, 0.05) is 0 Å². The SMILES string of the molecule is O=C(COc1ccccc1C(F)(F)F)NNc1ccccc1C(F)(F)F. The quantitative estimate of drug-likeness (QED) is 0.604. The standard InChI is InChI=1S/C16H12F6N2O2/c17-15(18,19)10-5-1-3-7-12(10)23-24-14(25)9-26-13-8-4-2-6-11(13)16(20,21)22/h1-8,23H,9H2,(H,24,25). The smallest absolute Gasteiger partial charge is 0.419 e. The molecule has 2 rings (SSSR count). The number of hydrazine groups is 1. The van der Waals surface area contributed by atoms with E-state index in [1.54, 1.807) is 0 Å². The summed E-state index contributed by atoms with van der Waals surface area (Å²) in [6.45, 7) is -0.825. The highest BCUT2D eigenvalue weighted by atomic mass is 19.4. The molecule has 26 heavy (non-hydrogen) atoms. The predicted molar refractivity (Wildman–Crippen MR) is 80.1 cm³/mol. The number of amides is 1. The summed E-state index contributed by atoms with van der Waals surface area (Å²) >= 11 is 0. The fourth-order valence-electron chi connectivity index (χ4n) is 1.98. The number of hydrogen-bond donors (Lipinski definition) is 2. The lowest BCUT2D eigenvalue weighted by molar-refractivity contribution is -0.139. The number of rotatable bonds is 5. The van der Waals surface area contributed by atoms with Gasteiger partial charge in [0.25, 0.3) is 5.91 Å². The van der Waals surface area contributed by atoms with E-state index in [0.717, 1.165) is 30.3 Å². The molecule has 0 aliphatic rings. The molecule has 140 valence electrons. The minimum Gasteiger partial charge on any atom is -0.483 e. The van der Waals surface area contributed by atoms with E-state index in [1.165, 1.54) is 18.2 Å². The summed E-state index contributed by atoms with van der Waals surface area (Å²) in [5.74, 6) is -1.52. The molecule has 0 unspecified atom stereocenters. The van der Waals surface area contributed by atoms with Crippen LogP contribution in [-0.4, -0.2) is 12.5 Å². The van der Waals surface area contributed by atoms with Gasteiger partial charge in [-0.3, -0.25) is 15.6 Å². The number of nitrogens with one attached hydrogen (secondary N) is 2. The van der Waals surface area contributed by atoms with E-state index in [4.69, 9.17) is 4.74 Å². The number of carbonyl (C=O) groups excluding carboxylic acids is 1. The Morgan fingerprint density at radius 3 is 2.00 bits per heavy atom. The number of benzene rings is 2. The van der Waals surface area contributed by atoms with E-state index >= 15 is 0 Å². The van der Waals surface area contributed by atoms with Gasteiger partial charge in [0.15, 0.2) is 6.61 Å². The number of ether oxygens (including phenoxy) is 1. The van der Waals surface area contributed by atoms with Crippen molar-refractivity contribution in [2.24, 2.45) is 0 Å². The number of halogens is 6. The molecule has 0 atom stereocenters. The predicted octanol–water partition coefficient (Wildman–Crippen LogP) is 4.25. The van der Waals surface area contributed by atoms with Crippen LogP contribution < -0.4 is 15.6 Å². The van der Waals surface area contributed by atoms with Crippen molar-refractivity contribution < 1.29 is 35.9 Å². The number of hydrogen-bond acceptors (Lipinski definition) is 3. The third-order valence-corrected chi connectivity index (χ3v) is 3.12. The van der Waals surface area contributed by atoms with Gasteiger partial charge in [-0.25, -0.2) is 0 Å². The number of alkyl halides is 6. The molecule has 2 N–H and O–H groups in total. The van der Waals surface area contributed by atoms with Crippen LogP contribution in [0.4, 0.5) is 32.0 Å². The Hall–Kier alpha value is -2.91. The number of anilines is 1. The third-order valence-electron chi connectivity index (χ3n) is 3.12. The topological polar surface area (TPSA) is 50.4 Å². The highest BCUT2D eigenvalue weighted by Gasteiger charge is 2.34. The maximum absolute atomic E-state index is 12.8. The normalized spacial score (nSPS) is 11.8. The summed E-state index contributed by atoms with van der Waals surface area (Å²) in [5, 5.41) is 0. The van der Waals surface area contributed by atoms with Gasteiger partial charge in [-0.15, -0.1) is 0 Å². The van der Waals surface area contributed by atoms with E-state index in [1.807, 2.05) is 5.43 Å². The molecule has 1 amide bonds. The van der Waals surface area contributed by atoms with Gasteiger partial charge in [0.1, 0.15) is 5.75 Å². The minimum absolute atomic E-state index is 0.413. The van der Waals surface area contributed by atoms with Gasteiger partial charge in [-0.1, -0.05) is 24.3 Å². The first-order chi connectivity index (χ1) is 12.1. The Labute approximate surface area is 143 Å². The molecule has 0 fully saturated rings. The number of carbonyl (C=O) groups is 1. The van der Waals surface area contributed by atoms with Crippen LogP contribution in [0.15, 0.2) is 48.5 Å². The Morgan fingerprint density at radius 1 is 0.846 bits per heavy atom. The molecule has 0 spiro atoms. The Morgan fingerprint density at radius 2 is 1.38 bits per heavy atom. The van der Waals surface area contributed by atoms with Crippen molar-refractivity contribution in [3.63, 3.8) is 0 Å². The Balaban J connectivity index is 1.98. The maximum atomic E-state index is 12.8. The molecule has 2 aromatic carbocycles. The zero-order valence-electron chi connectivity index (χ0n) is 12.9. The van der Waals surface area contributed by atoms with Gasteiger partial charge in [-0.2, -0.15) is 26.3 Å². The number of para-hydroxylation sites is 2. The minimum atomic E-state index is -4.67. The van der Waals surface area contributed by atoms with E-state index in [0.29, 0.717) is 0 Å². The average Bonchev–Trinajstić information content (AvgIpc) is 2.57. The molecule has 0 saturated heterocycles. The van der Waals surface area contributed by atoms with Crippen LogP contribution in [0, 0.1) is 0 Å². The monoisotopic (exact) mass is 378 g/mol. The summed E-state index contributed by atoms with van der Waals surface area (Å²) < 4.78 is 81.7. The molecule has 2 aromatic rings.